The lowest BCUT2D eigenvalue weighted by molar-refractivity contribution is -0.137. The molecule has 72 valence electrons. The minimum atomic E-state index is -0.246. The molecule has 0 aromatic heterocycles. The molecule has 1 atom stereocenters. The summed E-state index contributed by atoms with van der Waals surface area (Å²) in [4.78, 5) is 15.6. The van der Waals surface area contributed by atoms with Crippen LogP contribution >= 0.6 is 0 Å². The van der Waals surface area contributed by atoms with Gasteiger partial charge in [-0.1, -0.05) is 19.3 Å². The lowest BCUT2D eigenvalue weighted by atomic mass is 9.86. The highest BCUT2D eigenvalue weighted by atomic mass is 16.6. The minimum absolute atomic E-state index is 0.181. The molecular weight excluding hydrogens is 166 g/mol. The molecule has 3 heteroatoms. The fourth-order valence-electron chi connectivity index (χ4n) is 2.14. The smallest absolute Gasteiger partial charge is 0.354 e. The topological polar surface area (TPSA) is 38.7 Å². The summed E-state index contributed by atoms with van der Waals surface area (Å²) in [6.07, 6.45) is 5.73. The molecule has 0 radical (unpaired) electrons. The molecule has 0 bridgehead atoms. The van der Waals surface area contributed by atoms with Crippen molar-refractivity contribution < 1.29 is 9.53 Å². The maximum atomic E-state index is 11.3. The number of hydrogen-bond donors (Lipinski definition) is 0. The van der Waals surface area contributed by atoms with Crippen LogP contribution in [-0.4, -0.2) is 17.9 Å². The molecule has 2 aliphatic rings. The van der Waals surface area contributed by atoms with Gasteiger partial charge in [-0.2, -0.15) is 0 Å². The van der Waals surface area contributed by atoms with Gasteiger partial charge in [-0.05, 0) is 19.8 Å². The largest absolute Gasteiger partial charge is 0.436 e. The molecule has 1 fully saturated rings. The van der Waals surface area contributed by atoms with Crippen LogP contribution in [0.2, 0.25) is 0 Å². The highest BCUT2D eigenvalue weighted by Crippen LogP contribution is 2.27. The van der Waals surface area contributed by atoms with E-state index in [0.717, 1.165) is 12.8 Å². The summed E-state index contributed by atoms with van der Waals surface area (Å²) in [6.45, 7) is 1.81. The number of cyclic esters (lactones) is 1. The van der Waals surface area contributed by atoms with Gasteiger partial charge in [0.25, 0.3) is 0 Å². The van der Waals surface area contributed by atoms with E-state index in [2.05, 4.69) is 4.99 Å². The van der Waals surface area contributed by atoms with E-state index < -0.39 is 0 Å². The van der Waals surface area contributed by atoms with E-state index in [9.17, 15) is 4.79 Å². The van der Waals surface area contributed by atoms with Crippen molar-refractivity contribution in [3.63, 3.8) is 0 Å². The Bertz CT molecular complexity index is 241. The van der Waals surface area contributed by atoms with Gasteiger partial charge in [0.15, 0.2) is 6.23 Å². The molecule has 0 N–H and O–H groups in total. The van der Waals surface area contributed by atoms with Crippen LogP contribution < -0.4 is 0 Å². The number of nitrogens with zero attached hydrogens (tertiary/aromatic N) is 1. The van der Waals surface area contributed by atoms with Crippen molar-refractivity contribution in [2.24, 2.45) is 10.9 Å². The molecular formula is C10H15NO2. The van der Waals surface area contributed by atoms with Crippen molar-refractivity contribution >= 4 is 11.7 Å². The van der Waals surface area contributed by atoms with Gasteiger partial charge < -0.3 is 4.74 Å². The first-order chi connectivity index (χ1) is 6.27. The Balaban J connectivity index is 2.06. The van der Waals surface area contributed by atoms with Gasteiger partial charge in [0.05, 0.1) is 0 Å². The summed E-state index contributed by atoms with van der Waals surface area (Å²) in [5.41, 5.74) is 0.701. The number of aliphatic imine (C=N–C) groups is 1. The summed E-state index contributed by atoms with van der Waals surface area (Å²) >= 11 is 0. The van der Waals surface area contributed by atoms with Crippen molar-refractivity contribution in [1.82, 2.24) is 0 Å². The number of esters is 1. The van der Waals surface area contributed by atoms with Crippen molar-refractivity contribution in [2.45, 2.75) is 45.3 Å². The van der Waals surface area contributed by atoms with E-state index in [1.54, 1.807) is 0 Å². The molecule has 3 nitrogen and oxygen atoms in total. The predicted octanol–water partition coefficient (Wildman–Crippen LogP) is 1.91. The quantitative estimate of drug-likeness (QED) is 0.579. The molecule has 1 unspecified atom stereocenters. The molecule has 2 rings (SSSR count). The van der Waals surface area contributed by atoms with Crippen molar-refractivity contribution in [1.29, 1.82) is 0 Å². The molecule has 1 heterocycles. The normalized spacial score (nSPS) is 30.1. The lowest BCUT2D eigenvalue weighted by Gasteiger charge is -2.19. The highest BCUT2D eigenvalue weighted by molar-refractivity contribution is 6.38. The maximum absolute atomic E-state index is 11.3. The van der Waals surface area contributed by atoms with E-state index in [4.69, 9.17) is 4.74 Å². The Kier molecular flexibility index (Phi) is 2.34. The van der Waals surface area contributed by atoms with Crippen LogP contribution in [0.3, 0.4) is 0 Å². The Labute approximate surface area is 78.2 Å². The van der Waals surface area contributed by atoms with Gasteiger partial charge >= 0.3 is 5.97 Å². The first-order valence-corrected chi connectivity index (χ1v) is 5.06. The number of carbonyl (C=O) groups is 1. The third-order valence-corrected chi connectivity index (χ3v) is 2.80. The lowest BCUT2D eigenvalue weighted by Crippen LogP contribution is -2.23. The third kappa shape index (κ3) is 1.74. The molecule has 1 aliphatic carbocycles. The van der Waals surface area contributed by atoms with Crippen LogP contribution in [0.4, 0.5) is 0 Å². The van der Waals surface area contributed by atoms with Crippen molar-refractivity contribution in [3.05, 3.63) is 0 Å². The zero-order valence-corrected chi connectivity index (χ0v) is 7.95. The Morgan fingerprint density at radius 1 is 1.31 bits per heavy atom. The number of carbonyl (C=O) groups excluding carboxylic acids is 1. The Morgan fingerprint density at radius 2 is 2.00 bits per heavy atom. The van der Waals surface area contributed by atoms with Gasteiger partial charge in [-0.15, -0.1) is 0 Å². The zero-order valence-electron chi connectivity index (χ0n) is 7.95. The van der Waals surface area contributed by atoms with E-state index in [1.807, 2.05) is 6.92 Å². The first kappa shape index (κ1) is 8.73. The van der Waals surface area contributed by atoms with E-state index >= 15 is 0 Å². The van der Waals surface area contributed by atoms with Gasteiger partial charge in [-0.25, -0.2) is 9.79 Å². The molecule has 0 amide bonds. The molecule has 13 heavy (non-hydrogen) atoms. The first-order valence-electron chi connectivity index (χ1n) is 5.06. The predicted molar refractivity (Wildman–Crippen MR) is 49.6 cm³/mol. The molecule has 0 aromatic carbocycles. The second-order valence-electron chi connectivity index (χ2n) is 3.85. The highest BCUT2D eigenvalue weighted by Gasteiger charge is 2.31. The third-order valence-electron chi connectivity index (χ3n) is 2.80. The van der Waals surface area contributed by atoms with Gasteiger partial charge in [0.1, 0.15) is 5.71 Å². The van der Waals surface area contributed by atoms with Gasteiger partial charge in [0.2, 0.25) is 0 Å². The van der Waals surface area contributed by atoms with Crippen LogP contribution in [0.1, 0.15) is 39.0 Å². The van der Waals surface area contributed by atoms with Gasteiger partial charge in [-0.3, -0.25) is 0 Å². The molecule has 0 spiro atoms. The maximum Gasteiger partial charge on any atom is 0.354 e. The summed E-state index contributed by atoms with van der Waals surface area (Å²) in [7, 11) is 0. The summed E-state index contributed by atoms with van der Waals surface area (Å²) in [6, 6.07) is 0. The van der Waals surface area contributed by atoms with Crippen LogP contribution in [0.5, 0.6) is 0 Å². The fourth-order valence-corrected chi connectivity index (χ4v) is 2.14. The molecule has 0 aromatic rings. The number of ether oxygens (including phenoxy) is 1. The van der Waals surface area contributed by atoms with E-state index in [0.29, 0.717) is 11.6 Å². The average Bonchev–Trinajstić information content (AvgIpc) is 2.47. The fraction of sp³-hybridized carbons (Fsp3) is 0.800. The standard InChI is InChI=1S/C10H15NO2/c1-7-11-9(10(12)13-7)8-5-3-2-4-6-8/h7-8H,2-6H2,1H3. The average molecular weight is 181 g/mol. The molecule has 1 saturated carbocycles. The number of rotatable bonds is 1. The van der Waals surface area contributed by atoms with Crippen molar-refractivity contribution in [3.8, 4) is 0 Å². The van der Waals surface area contributed by atoms with Crippen LogP contribution in [0.15, 0.2) is 4.99 Å². The molecule has 0 saturated heterocycles. The monoisotopic (exact) mass is 181 g/mol. The van der Waals surface area contributed by atoms with Gasteiger partial charge in [0, 0.05) is 5.92 Å². The Hall–Kier alpha value is -0.860. The van der Waals surface area contributed by atoms with Crippen molar-refractivity contribution in [2.75, 3.05) is 0 Å². The second kappa shape index (κ2) is 3.48. The SMILES string of the molecule is CC1N=C(C2CCCCC2)C(=O)O1. The Morgan fingerprint density at radius 3 is 2.54 bits per heavy atom. The van der Waals surface area contributed by atoms with Crippen LogP contribution in [0.25, 0.3) is 0 Å². The van der Waals surface area contributed by atoms with E-state index in [-0.39, 0.29) is 12.2 Å². The minimum Gasteiger partial charge on any atom is -0.436 e. The molecule has 1 aliphatic heterocycles. The summed E-state index contributed by atoms with van der Waals surface area (Å²) < 4.78 is 4.98. The van der Waals surface area contributed by atoms with E-state index in [1.165, 1.54) is 19.3 Å². The zero-order chi connectivity index (χ0) is 9.26. The van der Waals surface area contributed by atoms with Crippen LogP contribution in [0, 0.1) is 5.92 Å². The second-order valence-corrected chi connectivity index (χ2v) is 3.85. The van der Waals surface area contributed by atoms with Crippen LogP contribution in [-0.2, 0) is 9.53 Å². The summed E-state index contributed by atoms with van der Waals surface area (Å²) in [5.74, 6) is 0.200. The summed E-state index contributed by atoms with van der Waals surface area (Å²) in [5, 5.41) is 0. The number of hydrogen-bond acceptors (Lipinski definition) is 3.